The lowest BCUT2D eigenvalue weighted by atomic mass is 10.0. The summed E-state index contributed by atoms with van der Waals surface area (Å²) in [5, 5.41) is 6.97. The van der Waals surface area contributed by atoms with Gasteiger partial charge in [0.25, 0.3) is 0 Å². The van der Waals surface area contributed by atoms with Crippen LogP contribution >= 0.6 is 61.8 Å². The Morgan fingerprint density at radius 2 is 2.10 bits per heavy atom. The lowest BCUT2D eigenvalue weighted by molar-refractivity contribution is 0.638. The summed E-state index contributed by atoms with van der Waals surface area (Å²) in [5.41, 5.74) is 2.29. The number of fused-ring (bicyclic) bond motifs is 1. The molecule has 1 N–H and O–H groups in total. The predicted octanol–water partition coefficient (Wildman–Crippen LogP) is 6.73. The highest BCUT2D eigenvalue weighted by Gasteiger charge is 2.22. The number of halogens is 3. The van der Waals surface area contributed by atoms with Crippen molar-refractivity contribution in [2.24, 2.45) is 0 Å². The molecule has 3 rings (SSSR count). The molecule has 0 aliphatic rings. The molecule has 6 heteroatoms. The second-order valence-corrected chi connectivity index (χ2v) is 8.60. The van der Waals surface area contributed by atoms with Crippen LogP contribution in [0.1, 0.15) is 24.1 Å². The molecule has 1 aromatic carbocycles. The van der Waals surface area contributed by atoms with Crippen LogP contribution < -0.4 is 5.32 Å². The molecule has 0 aliphatic heterocycles. The summed E-state index contributed by atoms with van der Waals surface area (Å²) in [5.74, 6) is 0. The Bertz CT molecular complexity index is 781. The van der Waals surface area contributed by atoms with Crippen molar-refractivity contribution in [1.29, 1.82) is 0 Å². The second-order valence-electron chi connectivity index (χ2n) is 4.58. The average Bonchev–Trinajstić information content (AvgIpc) is 3.01. The monoisotopic (exact) mass is 419 g/mol. The van der Waals surface area contributed by atoms with Crippen molar-refractivity contribution < 1.29 is 0 Å². The van der Waals surface area contributed by atoms with Gasteiger partial charge in [0, 0.05) is 14.7 Å². The minimum Gasteiger partial charge on any atom is -0.306 e. The Hall–Kier alpha value is -0.100. The molecule has 0 amide bonds. The molecule has 0 saturated carbocycles. The summed E-state index contributed by atoms with van der Waals surface area (Å²) in [4.78, 5) is 0. The van der Waals surface area contributed by atoms with Crippen LogP contribution in [0.4, 0.5) is 0 Å². The topological polar surface area (TPSA) is 12.0 Å². The van der Waals surface area contributed by atoms with E-state index in [0.29, 0.717) is 0 Å². The Balaban J connectivity index is 2.16. The molecule has 1 unspecified atom stereocenters. The van der Waals surface area contributed by atoms with Gasteiger partial charge in [0.1, 0.15) is 0 Å². The van der Waals surface area contributed by atoms with Crippen molar-refractivity contribution >= 4 is 71.9 Å². The molecule has 21 heavy (non-hydrogen) atoms. The van der Waals surface area contributed by atoms with Gasteiger partial charge in [-0.05, 0) is 50.9 Å². The van der Waals surface area contributed by atoms with E-state index in [9.17, 15) is 0 Å². The van der Waals surface area contributed by atoms with E-state index in [1.165, 1.54) is 27.0 Å². The van der Waals surface area contributed by atoms with Crippen LogP contribution in [-0.4, -0.2) is 6.54 Å². The van der Waals surface area contributed by atoms with Gasteiger partial charge in [-0.2, -0.15) is 0 Å². The summed E-state index contributed by atoms with van der Waals surface area (Å²) in [6.07, 6.45) is 0. The summed E-state index contributed by atoms with van der Waals surface area (Å²) in [7, 11) is 0. The number of rotatable bonds is 4. The van der Waals surface area contributed by atoms with E-state index in [-0.39, 0.29) is 6.04 Å². The number of hydrogen-bond donors (Lipinski definition) is 1. The third kappa shape index (κ3) is 3.03. The van der Waals surface area contributed by atoms with E-state index in [1.54, 1.807) is 11.3 Å². The number of nitrogens with one attached hydrogen (secondary N) is 1. The molecule has 1 atom stereocenters. The molecular formula is C15H12BrCl2NS2. The molecule has 2 aromatic heterocycles. The first-order valence-electron chi connectivity index (χ1n) is 6.45. The zero-order chi connectivity index (χ0) is 15.0. The number of thiophene rings is 2. The van der Waals surface area contributed by atoms with E-state index in [4.69, 9.17) is 23.2 Å². The van der Waals surface area contributed by atoms with E-state index < -0.39 is 0 Å². The minimum absolute atomic E-state index is 0.0642. The van der Waals surface area contributed by atoms with Crippen molar-refractivity contribution in [3.05, 3.63) is 53.9 Å². The smallest absolute Gasteiger partial charge is 0.0995 e. The fraction of sp³-hybridized carbons (Fsp3) is 0.200. The molecule has 0 radical (unpaired) electrons. The Morgan fingerprint density at radius 1 is 1.29 bits per heavy atom. The maximum Gasteiger partial charge on any atom is 0.0995 e. The van der Waals surface area contributed by atoms with Gasteiger partial charge < -0.3 is 5.32 Å². The second kappa shape index (κ2) is 6.57. The van der Waals surface area contributed by atoms with Crippen LogP contribution in [0.5, 0.6) is 0 Å². The zero-order valence-electron chi connectivity index (χ0n) is 11.1. The average molecular weight is 421 g/mol. The van der Waals surface area contributed by atoms with Gasteiger partial charge in [0.15, 0.2) is 0 Å². The van der Waals surface area contributed by atoms with Crippen LogP contribution in [0.15, 0.2) is 34.1 Å². The molecule has 110 valence electrons. The SMILES string of the molecule is CCNC(c1cc(Cl)sc1Cl)c1csc2c(Br)cccc12. The van der Waals surface area contributed by atoms with Gasteiger partial charge in [0.2, 0.25) is 0 Å². The summed E-state index contributed by atoms with van der Waals surface area (Å²) in [6.45, 7) is 2.96. The Kier molecular flexibility index (Phi) is 4.94. The van der Waals surface area contributed by atoms with Crippen molar-refractivity contribution in [1.82, 2.24) is 5.32 Å². The van der Waals surface area contributed by atoms with E-state index in [0.717, 1.165) is 25.3 Å². The molecule has 2 heterocycles. The highest BCUT2D eigenvalue weighted by atomic mass is 79.9. The first-order chi connectivity index (χ1) is 10.1. The standard InChI is InChI=1S/C15H12BrCl2NS2/c1-2-19-13(9-6-12(17)21-15(9)18)10-7-20-14-8(10)4-3-5-11(14)16/h3-7,13,19H,2H2,1H3. The molecule has 1 nitrogen and oxygen atoms in total. The maximum atomic E-state index is 6.36. The molecule has 0 bridgehead atoms. The maximum absolute atomic E-state index is 6.36. The van der Waals surface area contributed by atoms with Gasteiger partial charge in [-0.25, -0.2) is 0 Å². The van der Waals surface area contributed by atoms with Crippen molar-refractivity contribution in [2.75, 3.05) is 6.54 Å². The molecule has 0 aliphatic carbocycles. The van der Waals surface area contributed by atoms with Gasteiger partial charge in [-0.1, -0.05) is 42.3 Å². The summed E-state index contributed by atoms with van der Waals surface area (Å²) >= 11 is 19.3. The zero-order valence-corrected chi connectivity index (χ0v) is 15.9. The molecule has 3 aromatic rings. The van der Waals surface area contributed by atoms with Gasteiger partial charge in [-0.3, -0.25) is 0 Å². The highest BCUT2D eigenvalue weighted by Crippen LogP contribution is 2.42. The lowest BCUT2D eigenvalue weighted by Crippen LogP contribution is -2.21. The van der Waals surface area contributed by atoms with Crippen molar-refractivity contribution in [2.45, 2.75) is 13.0 Å². The third-order valence-corrected chi connectivity index (χ3v) is 6.78. The first kappa shape index (κ1) is 15.8. The third-order valence-electron chi connectivity index (χ3n) is 3.30. The lowest BCUT2D eigenvalue weighted by Gasteiger charge is -2.17. The summed E-state index contributed by atoms with van der Waals surface area (Å²) in [6, 6.07) is 8.31. The Labute approximate surface area is 150 Å². The number of hydrogen-bond acceptors (Lipinski definition) is 3. The van der Waals surface area contributed by atoms with E-state index in [2.05, 4.69) is 51.7 Å². The molecular weight excluding hydrogens is 409 g/mol. The van der Waals surface area contributed by atoms with E-state index in [1.807, 2.05) is 6.07 Å². The highest BCUT2D eigenvalue weighted by molar-refractivity contribution is 9.10. The van der Waals surface area contributed by atoms with Crippen LogP contribution in [0.25, 0.3) is 10.1 Å². The molecule has 0 spiro atoms. The molecule has 0 fully saturated rings. The first-order valence-corrected chi connectivity index (χ1v) is 9.70. The van der Waals surface area contributed by atoms with Crippen molar-refractivity contribution in [3.63, 3.8) is 0 Å². The van der Waals surface area contributed by atoms with Crippen molar-refractivity contribution in [3.8, 4) is 0 Å². The van der Waals surface area contributed by atoms with Crippen LogP contribution in [0.2, 0.25) is 8.67 Å². The quantitative estimate of drug-likeness (QED) is 0.493. The van der Waals surface area contributed by atoms with Crippen LogP contribution in [0, 0.1) is 0 Å². The van der Waals surface area contributed by atoms with Crippen LogP contribution in [0.3, 0.4) is 0 Å². The number of benzene rings is 1. The fourth-order valence-corrected chi connectivity index (χ4v) is 5.59. The normalized spacial score (nSPS) is 13.0. The predicted molar refractivity (Wildman–Crippen MR) is 99.4 cm³/mol. The fourth-order valence-electron chi connectivity index (χ4n) is 2.41. The van der Waals surface area contributed by atoms with E-state index >= 15 is 0 Å². The summed E-state index contributed by atoms with van der Waals surface area (Å²) < 4.78 is 3.85. The van der Waals surface area contributed by atoms with Gasteiger partial charge in [-0.15, -0.1) is 22.7 Å². The molecule has 0 saturated heterocycles. The largest absolute Gasteiger partial charge is 0.306 e. The van der Waals surface area contributed by atoms with Gasteiger partial charge in [0.05, 0.1) is 14.7 Å². The van der Waals surface area contributed by atoms with Crippen LogP contribution in [-0.2, 0) is 0 Å². The minimum atomic E-state index is 0.0642. The van der Waals surface area contributed by atoms with Gasteiger partial charge >= 0.3 is 0 Å². The Morgan fingerprint density at radius 3 is 2.76 bits per heavy atom.